The van der Waals surface area contributed by atoms with Crippen molar-refractivity contribution < 1.29 is 13.2 Å². The van der Waals surface area contributed by atoms with Crippen LogP contribution in [0.3, 0.4) is 0 Å². The van der Waals surface area contributed by atoms with Crippen LogP contribution in [0.2, 0.25) is 0 Å². The summed E-state index contributed by atoms with van der Waals surface area (Å²) in [6.07, 6.45) is 4.58. The average Bonchev–Trinajstić information content (AvgIpc) is 3.33. The number of rotatable bonds is 8. The number of carbonyl (C=O) groups is 1. The molecule has 0 atom stereocenters. The number of carbonyl (C=O) groups excluding carboxylic acids is 1. The number of anilines is 1. The Bertz CT molecular complexity index is 1150. The third-order valence-corrected chi connectivity index (χ3v) is 8.45. The zero-order valence-corrected chi connectivity index (χ0v) is 19.7. The highest BCUT2D eigenvalue weighted by atomic mass is 32.2. The number of thiophene rings is 1. The minimum atomic E-state index is -3.51. The molecule has 0 spiro atoms. The minimum absolute atomic E-state index is 0.0754. The van der Waals surface area contributed by atoms with Gasteiger partial charge in [-0.1, -0.05) is 18.6 Å². The van der Waals surface area contributed by atoms with Gasteiger partial charge in [0.15, 0.2) is 5.78 Å². The lowest BCUT2D eigenvalue weighted by atomic mass is 10.1. The van der Waals surface area contributed by atoms with E-state index in [0.29, 0.717) is 25.2 Å². The summed E-state index contributed by atoms with van der Waals surface area (Å²) >= 11 is 1.64. The second-order valence-electron chi connectivity index (χ2n) is 7.99. The maximum Gasteiger partial charge on any atom is 0.243 e. The molecule has 1 fully saturated rings. The number of pyridine rings is 1. The van der Waals surface area contributed by atoms with Crippen LogP contribution in [0.25, 0.3) is 0 Å². The molecule has 0 unspecified atom stereocenters. The highest BCUT2D eigenvalue weighted by molar-refractivity contribution is 7.89. The van der Waals surface area contributed by atoms with Crippen molar-refractivity contribution in [2.75, 3.05) is 24.5 Å². The molecule has 3 aromatic rings. The van der Waals surface area contributed by atoms with Crippen LogP contribution in [-0.2, 0) is 16.6 Å². The van der Waals surface area contributed by atoms with Crippen LogP contribution in [0.15, 0.2) is 65.0 Å². The fourth-order valence-electron chi connectivity index (χ4n) is 3.94. The van der Waals surface area contributed by atoms with E-state index in [9.17, 15) is 13.2 Å². The maximum atomic E-state index is 13.1. The average molecular weight is 470 g/mol. The number of benzene rings is 1. The molecular formula is C24H27N3O3S2. The number of aryl methyl sites for hydroxylation is 1. The van der Waals surface area contributed by atoms with Crippen LogP contribution in [0.1, 0.15) is 40.1 Å². The van der Waals surface area contributed by atoms with Crippen molar-refractivity contribution in [3.05, 3.63) is 76.1 Å². The lowest BCUT2D eigenvalue weighted by molar-refractivity contribution is 0.0998. The number of nitrogens with zero attached hydrogens (tertiary/aromatic N) is 3. The Morgan fingerprint density at radius 2 is 1.81 bits per heavy atom. The van der Waals surface area contributed by atoms with Gasteiger partial charge in [0, 0.05) is 29.7 Å². The fraction of sp³-hybridized carbons (Fsp3) is 0.333. The summed E-state index contributed by atoms with van der Waals surface area (Å²) in [6, 6.07) is 14.2. The van der Waals surface area contributed by atoms with Gasteiger partial charge < -0.3 is 4.90 Å². The van der Waals surface area contributed by atoms with Crippen LogP contribution in [0.5, 0.6) is 0 Å². The number of Topliss-reactive ketones (excluding diaryl/α,β-unsaturated/α-hetero) is 1. The highest BCUT2D eigenvalue weighted by Gasteiger charge is 2.26. The Labute approximate surface area is 193 Å². The quantitative estimate of drug-likeness (QED) is 0.454. The molecular weight excluding hydrogens is 442 g/mol. The maximum absolute atomic E-state index is 13.1. The molecule has 0 radical (unpaired) electrons. The van der Waals surface area contributed by atoms with Gasteiger partial charge in [0.2, 0.25) is 10.0 Å². The van der Waals surface area contributed by atoms with Gasteiger partial charge in [-0.3, -0.25) is 4.79 Å². The molecule has 0 saturated carbocycles. The third kappa shape index (κ3) is 5.09. The van der Waals surface area contributed by atoms with Gasteiger partial charge >= 0.3 is 0 Å². The van der Waals surface area contributed by atoms with Crippen molar-refractivity contribution >= 4 is 33.0 Å². The Hall–Kier alpha value is -2.55. The van der Waals surface area contributed by atoms with E-state index in [0.717, 1.165) is 35.5 Å². The Kier molecular flexibility index (Phi) is 7.03. The van der Waals surface area contributed by atoms with E-state index >= 15 is 0 Å². The second kappa shape index (κ2) is 9.94. The van der Waals surface area contributed by atoms with E-state index in [1.807, 2.05) is 41.5 Å². The number of ketones is 1. The summed E-state index contributed by atoms with van der Waals surface area (Å²) in [6.45, 7) is 3.85. The summed E-state index contributed by atoms with van der Waals surface area (Å²) in [5.41, 5.74) is 1.49. The molecule has 1 saturated heterocycles. The number of hydrogen-bond donors (Lipinski definition) is 0. The number of aromatic nitrogens is 1. The molecule has 0 aliphatic carbocycles. The Morgan fingerprint density at radius 1 is 1.06 bits per heavy atom. The molecule has 2 aromatic heterocycles. The molecule has 0 N–H and O–H groups in total. The van der Waals surface area contributed by atoms with Crippen molar-refractivity contribution in [3.8, 4) is 0 Å². The topological polar surface area (TPSA) is 70.6 Å². The molecule has 32 heavy (non-hydrogen) atoms. The van der Waals surface area contributed by atoms with Gasteiger partial charge in [0.05, 0.1) is 18.0 Å². The monoisotopic (exact) mass is 469 g/mol. The smallest absolute Gasteiger partial charge is 0.243 e. The minimum Gasteiger partial charge on any atom is -0.344 e. The summed E-state index contributed by atoms with van der Waals surface area (Å²) in [5.74, 6) is 0.701. The van der Waals surface area contributed by atoms with Crippen molar-refractivity contribution in [1.82, 2.24) is 9.29 Å². The van der Waals surface area contributed by atoms with E-state index in [2.05, 4.69) is 4.98 Å². The Morgan fingerprint density at radius 3 is 2.47 bits per heavy atom. The molecule has 1 aliphatic heterocycles. The first-order valence-electron chi connectivity index (χ1n) is 10.8. The number of sulfonamides is 1. The van der Waals surface area contributed by atoms with Gasteiger partial charge in [-0.05, 0) is 67.1 Å². The predicted molar refractivity (Wildman–Crippen MR) is 128 cm³/mol. The van der Waals surface area contributed by atoms with E-state index in [1.165, 1.54) is 0 Å². The number of piperidine rings is 1. The predicted octanol–water partition coefficient (Wildman–Crippen LogP) is 4.52. The van der Waals surface area contributed by atoms with E-state index in [4.69, 9.17) is 0 Å². The first-order chi connectivity index (χ1) is 15.4. The third-order valence-electron chi connectivity index (χ3n) is 5.67. The zero-order valence-electron chi connectivity index (χ0n) is 18.1. The van der Waals surface area contributed by atoms with E-state index in [1.54, 1.807) is 46.1 Å². The van der Waals surface area contributed by atoms with Crippen molar-refractivity contribution in [2.24, 2.45) is 0 Å². The standard InChI is InChI=1S/C24H27N3O3S2/c1-19-7-5-13-25-24(19)26(17-21-8-6-16-31-21)18-23(28)20-9-11-22(12-10-20)32(29,30)27-14-3-2-4-15-27/h5-13,16H,2-4,14-15,17-18H2,1H3. The van der Waals surface area contributed by atoms with Gasteiger partial charge in [-0.25, -0.2) is 13.4 Å². The SMILES string of the molecule is Cc1cccnc1N(CC(=O)c1ccc(S(=O)(=O)N2CCCCC2)cc1)Cc1cccs1. The molecule has 6 nitrogen and oxygen atoms in total. The van der Waals surface area contributed by atoms with Crippen LogP contribution in [-0.4, -0.2) is 43.1 Å². The van der Waals surface area contributed by atoms with Crippen LogP contribution in [0.4, 0.5) is 5.82 Å². The van der Waals surface area contributed by atoms with Crippen molar-refractivity contribution in [2.45, 2.75) is 37.6 Å². The van der Waals surface area contributed by atoms with Crippen LogP contribution < -0.4 is 4.90 Å². The lowest BCUT2D eigenvalue weighted by Crippen LogP contribution is -2.35. The van der Waals surface area contributed by atoms with E-state index in [-0.39, 0.29) is 17.2 Å². The molecule has 168 valence electrons. The molecule has 3 heterocycles. The highest BCUT2D eigenvalue weighted by Crippen LogP contribution is 2.23. The molecule has 0 amide bonds. The van der Waals surface area contributed by atoms with Gasteiger partial charge in [-0.2, -0.15) is 4.31 Å². The lowest BCUT2D eigenvalue weighted by Gasteiger charge is -2.26. The molecule has 4 rings (SSSR count). The van der Waals surface area contributed by atoms with Crippen molar-refractivity contribution in [3.63, 3.8) is 0 Å². The van der Waals surface area contributed by atoms with Crippen LogP contribution >= 0.6 is 11.3 Å². The Balaban J connectivity index is 1.52. The summed E-state index contributed by atoms with van der Waals surface area (Å²) in [7, 11) is -3.51. The fourth-order valence-corrected chi connectivity index (χ4v) is 6.17. The normalized spacial score (nSPS) is 14.9. The molecule has 1 aliphatic rings. The first-order valence-corrected chi connectivity index (χ1v) is 13.1. The van der Waals surface area contributed by atoms with Gasteiger partial charge in [0.25, 0.3) is 0 Å². The molecule has 8 heteroatoms. The molecule has 0 bridgehead atoms. The summed E-state index contributed by atoms with van der Waals surface area (Å²) in [5, 5.41) is 2.02. The summed E-state index contributed by atoms with van der Waals surface area (Å²) in [4.78, 5) is 21.0. The first kappa shape index (κ1) is 22.6. The molecule has 1 aromatic carbocycles. The van der Waals surface area contributed by atoms with Gasteiger partial charge in [0.1, 0.15) is 5.82 Å². The largest absolute Gasteiger partial charge is 0.344 e. The number of hydrogen-bond acceptors (Lipinski definition) is 6. The second-order valence-corrected chi connectivity index (χ2v) is 11.0. The van der Waals surface area contributed by atoms with Gasteiger partial charge in [-0.15, -0.1) is 11.3 Å². The summed E-state index contributed by atoms with van der Waals surface area (Å²) < 4.78 is 27.3. The van der Waals surface area contributed by atoms with Crippen molar-refractivity contribution in [1.29, 1.82) is 0 Å². The van der Waals surface area contributed by atoms with Crippen LogP contribution in [0, 0.1) is 6.92 Å². The van der Waals surface area contributed by atoms with E-state index < -0.39 is 10.0 Å². The zero-order chi connectivity index (χ0) is 22.6.